The second-order valence-electron chi connectivity index (χ2n) is 3.41. The van der Waals surface area contributed by atoms with Crippen molar-refractivity contribution in [2.45, 2.75) is 25.6 Å². The number of rotatable bonds is 7. The van der Waals surface area contributed by atoms with Crippen LogP contribution in [0, 0.1) is 0 Å². The zero-order valence-electron chi connectivity index (χ0n) is 9.43. The molecule has 92 valence electrons. The Labute approximate surface area is 100 Å². The number of hydrogen-bond acceptors (Lipinski definition) is 5. The third-order valence-electron chi connectivity index (χ3n) is 2.12. The van der Waals surface area contributed by atoms with Gasteiger partial charge < -0.3 is 5.32 Å². The second-order valence-corrected chi connectivity index (χ2v) is 6.57. The Morgan fingerprint density at radius 3 is 2.88 bits per heavy atom. The Morgan fingerprint density at radius 2 is 2.31 bits per heavy atom. The first kappa shape index (κ1) is 13.6. The molecule has 16 heavy (non-hydrogen) atoms. The molecule has 0 aromatic carbocycles. The van der Waals surface area contributed by atoms with Crippen molar-refractivity contribution in [3.63, 3.8) is 0 Å². The maximum absolute atomic E-state index is 11.8. The van der Waals surface area contributed by atoms with E-state index in [0.29, 0.717) is 6.54 Å². The molecular weight excluding hydrogens is 246 g/mol. The van der Waals surface area contributed by atoms with Gasteiger partial charge in [-0.3, -0.25) is 0 Å². The van der Waals surface area contributed by atoms with Crippen molar-refractivity contribution >= 4 is 21.4 Å². The fraction of sp³-hybridized carbons (Fsp3) is 0.667. The highest BCUT2D eigenvalue weighted by Gasteiger charge is 2.19. The Bertz CT molecular complexity index is 389. The minimum Gasteiger partial charge on any atom is -0.316 e. The highest BCUT2D eigenvalue weighted by atomic mass is 32.2. The van der Waals surface area contributed by atoms with Crippen LogP contribution in [-0.4, -0.2) is 31.7 Å². The summed E-state index contributed by atoms with van der Waals surface area (Å²) in [5.41, 5.74) is 0. The van der Waals surface area contributed by atoms with Gasteiger partial charge in [-0.1, -0.05) is 6.92 Å². The third-order valence-corrected chi connectivity index (χ3v) is 4.67. The van der Waals surface area contributed by atoms with Gasteiger partial charge in [-0.05, 0) is 13.5 Å². The van der Waals surface area contributed by atoms with E-state index in [1.54, 1.807) is 13.1 Å². The van der Waals surface area contributed by atoms with Crippen LogP contribution in [0.4, 0.5) is 0 Å². The van der Waals surface area contributed by atoms with Gasteiger partial charge in [0.2, 0.25) is 10.0 Å². The van der Waals surface area contributed by atoms with Crippen molar-refractivity contribution in [1.82, 2.24) is 15.0 Å². The zero-order valence-corrected chi connectivity index (χ0v) is 11.1. The van der Waals surface area contributed by atoms with E-state index < -0.39 is 15.3 Å². The van der Waals surface area contributed by atoms with Crippen LogP contribution in [0.5, 0.6) is 0 Å². The van der Waals surface area contributed by atoms with Crippen LogP contribution in [0.15, 0.2) is 11.6 Å². The molecule has 1 aromatic rings. The lowest BCUT2D eigenvalue weighted by atomic mass is 10.5. The molecule has 7 heteroatoms. The molecule has 0 saturated carbocycles. The minimum absolute atomic E-state index is 0.274. The summed E-state index contributed by atoms with van der Waals surface area (Å²) in [4.78, 5) is 4.02. The van der Waals surface area contributed by atoms with E-state index in [-0.39, 0.29) is 6.54 Å². The van der Waals surface area contributed by atoms with Crippen LogP contribution in [0.1, 0.15) is 18.9 Å². The average Bonchev–Trinajstić information content (AvgIpc) is 2.76. The SMILES string of the molecule is CCNCC(C)S(=O)(=O)NCc1nccs1. The summed E-state index contributed by atoms with van der Waals surface area (Å²) in [5, 5.41) is 5.18. The Balaban J connectivity index is 2.45. The summed E-state index contributed by atoms with van der Waals surface area (Å²) in [5.74, 6) is 0. The molecule has 1 rings (SSSR count). The predicted octanol–water partition coefficient (Wildman–Crippen LogP) is 0.560. The average molecular weight is 263 g/mol. The van der Waals surface area contributed by atoms with E-state index in [0.717, 1.165) is 11.6 Å². The van der Waals surface area contributed by atoms with Crippen molar-refractivity contribution in [3.8, 4) is 0 Å². The van der Waals surface area contributed by atoms with Gasteiger partial charge in [0.1, 0.15) is 5.01 Å². The first-order chi connectivity index (χ1) is 7.56. The van der Waals surface area contributed by atoms with Gasteiger partial charge in [-0.15, -0.1) is 11.3 Å². The maximum Gasteiger partial charge on any atom is 0.215 e. The Morgan fingerprint density at radius 1 is 1.56 bits per heavy atom. The molecule has 0 bridgehead atoms. The van der Waals surface area contributed by atoms with Crippen LogP contribution < -0.4 is 10.0 Å². The molecule has 1 heterocycles. The van der Waals surface area contributed by atoms with Crippen molar-refractivity contribution < 1.29 is 8.42 Å². The lowest BCUT2D eigenvalue weighted by molar-refractivity contribution is 0.559. The van der Waals surface area contributed by atoms with Gasteiger partial charge in [0.05, 0.1) is 11.8 Å². The lowest BCUT2D eigenvalue weighted by Gasteiger charge is -2.13. The number of thiazole rings is 1. The summed E-state index contributed by atoms with van der Waals surface area (Å²) in [6.07, 6.45) is 1.66. The fourth-order valence-corrected chi connectivity index (χ4v) is 2.71. The topological polar surface area (TPSA) is 71.1 Å². The van der Waals surface area contributed by atoms with Gasteiger partial charge in [0.25, 0.3) is 0 Å². The van der Waals surface area contributed by atoms with E-state index in [1.807, 2.05) is 12.3 Å². The summed E-state index contributed by atoms with van der Waals surface area (Å²) < 4.78 is 26.1. The lowest BCUT2D eigenvalue weighted by Crippen LogP contribution is -2.38. The van der Waals surface area contributed by atoms with E-state index >= 15 is 0 Å². The number of sulfonamides is 1. The van der Waals surface area contributed by atoms with E-state index in [4.69, 9.17) is 0 Å². The molecule has 0 fully saturated rings. The number of nitrogens with zero attached hydrogens (tertiary/aromatic N) is 1. The molecule has 0 aliphatic heterocycles. The van der Waals surface area contributed by atoms with Crippen LogP contribution >= 0.6 is 11.3 Å². The van der Waals surface area contributed by atoms with Gasteiger partial charge in [0.15, 0.2) is 0 Å². The molecule has 2 N–H and O–H groups in total. The fourth-order valence-electron chi connectivity index (χ4n) is 1.10. The third kappa shape index (κ3) is 4.17. The zero-order chi connectivity index (χ0) is 12.0. The van der Waals surface area contributed by atoms with Crippen LogP contribution in [-0.2, 0) is 16.6 Å². The first-order valence-electron chi connectivity index (χ1n) is 5.14. The number of nitrogens with one attached hydrogen (secondary N) is 2. The summed E-state index contributed by atoms with van der Waals surface area (Å²) in [6, 6.07) is 0. The summed E-state index contributed by atoms with van der Waals surface area (Å²) >= 11 is 1.44. The molecule has 5 nitrogen and oxygen atoms in total. The predicted molar refractivity (Wildman–Crippen MR) is 65.9 cm³/mol. The van der Waals surface area contributed by atoms with Crippen LogP contribution in [0.3, 0.4) is 0 Å². The molecule has 0 aliphatic carbocycles. The molecule has 0 amide bonds. The van der Waals surface area contributed by atoms with Gasteiger partial charge in [-0.25, -0.2) is 18.1 Å². The first-order valence-corrected chi connectivity index (χ1v) is 7.56. The van der Waals surface area contributed by atoms with Crippen LogP contribution in [0.25, 0.3) is 0 Å². The summed E-state index contributed by atoms with van der Waals surface area (Å²) in [7, 11) is -3.25. The van der Waals surface area contributed by atoms with Gasteiger partial charge in [0, 0.05) is 18.1 Å². The summed E-state index contributed by atoms with van der Waals surface area (Å²) in [6.45, 7) is 5.14. The Hall–Kier alpha value is -0.500. The van der Waals surface area contributed by atoms with E-state index in [1.165, 1.54) is 11.3 Å². The van der Waals surface area contributed by atoms with Crippen molar-refractivity contribution in [1.29, 1.82) is 0 Å². The van der Waals surface area contributed by atoms with Gasteiger partial charge >= 0.3 is 0 Å². The van der Waals surface area contributed by atoms with Crippen molar-refractivity contribution in [2.75, 3.05) is 13.1 Å². The minimum atomic E-state index is -3.25. The number of hydrogen-bond donors (Lipinski definition) is 2. The molecule has 0 spiro atoms. The molecule has 0 radical (unpaired) electrons. The van der Waals surface area contributed by atoms with Gasteiger partial charge in [-0.2, -0.15) is 0 Å². The molecule has 1 aromatic heterocycles. The highest BCUT2D eigenvalue weighted by Crippen LogP contribution is 2.05. The van der Waals surface area contributed by atoms with Crippen molar-refractivity contribution in [3.05, 3.63) is 16.6 Å². The largest absolute Gasteiger partial charge is 0.316 e. The standard InChI is InChI=1S/C9H17N3O2S2/c1-3-10-6-8(2)16(13,14)12-7-9-11-4-5-15-9/h4-5,8,10,12H,3,6-7H2,1-2H3. The van der Waals surface area contributed by atoms with E-state index in [2.05, 4.69) is 15.0 Å². The normalized spacial score (nSPS) is 13.9. The quantitative estimate of drug-likeness (QED) is 0.754. The molecule has 0 aliphatic rings. The molecule has 0 saturated heterocycles. The highest BCUT2D eigenvalue weighted by molar-refractivity contribution is 7.90. The van der Waals surface area contributed by atoms with Crippen LogP contribution in [0.2, 0.25) is 0 Å². The molecular formula is C9H17N3O2S2. The number of aromatic nitrogens is 1. The Kier molecular flexibility index (Phi) is 5.33. The monoisotopic (exact) mass is 263 g/mol. The molecule has 1 unspecified atom stereocenters. The smallest absolute Gasteiger partial charge is 0.215 e. The maximum atomic E-state index is 11.8. The molecule has 1 atom stereocenters. The van der Waals surface area contributed by atoms with E-state index in [9.17, 15) is 8.42 Å². The second kappa shape index (κ2) is 6.29. The van der Waals surface area contributed by atoms with Crippen molar-refractivity contribution in [2.24, 2.45) is 0 Å².